The summed E-state index contributed by atoms with van der Waals surface area (Å²) in [7, 11) is 0. The van der Waals surface area contributed by atoms with Gasteiger partial charge in [0.2, 0.25) is 0 Å². The molecule has 0 bridgehead atoms. The van der Waals surface area contributed by atoms with Gasteiger partial charge in [0, 0.05) is 19.1 Å². The molecular formula is C10H17NO2. The van der Waals surface area contributed by atoms with Crippen molar-refractivity contribution in [2.45, 2.75) is 37.5 Å². The van der Waals surface area contributed by atoms with Gasteiger partial charge in [-0.2, -0.15) is 0 Å². The van der Waals surface area contributed by atoms with E-state index in [9.17, 15) is 10.2 Å². The molecule has 0 aromatic carbocycles. The van der Waals surface area contributed by atoms with Crippen LogP contribution in [0.5, 0.6) is 0 Å². The Labute approximate surface area is 78.7 Å². The van der Waals surface area contributed by atoms with E-state index in [-0.39, 0.29) is 0 Å². The molecule has 13 heavy (non-hydrogen) atoms. The summed E-state index contributed by atoms with van der Waals surface area (Å²) >= 11 is 0. The van der Waals surface area contributed by atoms with E-state index in [0.717, 1.165) is 6.42 Å². The zero-order valence-corrected chi connectivity index (χ0v) is 7.76. The van der Waals surface area contributed by atoms with Crippen LogP contribution in [-0.2, 0) is 0 Å². The average molecular weight is 183 g/mol. The molecule has 74 valence electrons. The Hall–Kier alpha value is -0.380. The van der Waals surface area contributed by atoms with E-state index in [4.69, 9.17) is 0 Å². The molecule has 1 aliphatic heterocycles. The minimum Gasteiger partial charge on any atom is -0.389 e. The predicted octanol–water partition coefficient (Wildman–Crippen LogP) is 0.133. The summed E-state index contributed by atoms with van der Waals surface area (Å²) < 4.78 is 0. The third-order valence-electron chi connectivity index (χ3n) is 2.99. The van der Waals surface area contributed by atoms with Crippen LogP contribution in [0.15, 0.2) is 12.2 Å². The normalized spacial score (nSPS) is 41.2. The highest BCUT2D eigenvalue weighted by Gasteiger charge is 2.32. The number of hydrogen-bond donors (Lipinski definition) is 2. The van der Waals surface area contributed by atoms with Crippen molar-refractivity contribution in [1.29, 1.82) is 0 Å². The number of aliphatic hydroxyl groups excluding tert-OH is 2. The highest BCUT2D eigenvalue weighted by Crippen LogP contribution is 2.21. The van der Waals surface area contributed by atoms with Crippen LogP contribution in [-0.4, -0.2) is 46.5 Å². The van der Waals surface area contributed by atoms with Crippen molar-refractivity contribution in [3.8, 4) is 0 Å². The highest BCUT2D eigenvalue weighted by molar-refractivity contribution is 5.01. The Balaban J connectivity index is 1.94. The maximum absolute atomic E-state index is 9.38. The molecule has 0 aromatic rings. The van der Waals surface area contributed by atoms with Crippen LogP contribution >= 0.6 is 0 Å². The fraction of sp³-hybridized carbons (Fsp3) is 0.800. The van der Waals surface area contributed by atoms with E-state index in [2.05, 4.69) is 17.1 Å². The summed E-state index contributed by atoms with van der Waals surface area (Å²) in [4.78, 5) is 2.17. The van der Waals surface area contributed by atoms with Gasteiger partial charge >= 0.3 is 0 Å². The number of aliphatic hydroxyl groups is 2. The Kier molecular flexibility index (Phi) is 2.67. The molecule has 0 spiro atoms. The first-order valence-electron chi connectivity index (χ1n) is 5.04. The van der Waals surface area contributed by atoms with E-state index in [1.54, 1.807) is 0 Å². The second kappa shape index (κ2) is 3.78. The second-order valence-corrected chi connectivity index (χ2v) is 4.02. The van der Waals surface area contributed by atoms with Crippen LogP contribution < -0.4 is 0 Å². The van der Waals surface area contributed by atoms with Gasteiger partial charge in [0.05, 0.1) is 12.2 Å². The third kappa shape index (κ3) is 1.93. The quantitative estimate of drug-likeness (QED) is 0.568. The Morgan fingerprint density at radius 2 is 1.85 bits per heavy atom. The van der Waals surface area contributed by atoms with Crippen molar-refractivity contribution < 1.29 is 10.2 Å². The molecule has 1 unspecified atom stereocenters. The Bertz CT molecular complexity index is 195. The fourth-order valence-corrected chi connectivity index (χ4v) is 2.17. The minimum atomic E-state index is -0.546. The van der Waals surface area contributed by atoms with Crippen LogP contribution in [0.1, 0.15) is 19.3 Å². The molecule has 2 rings (SSSR count). The van der Waals surface area contributed by atoms with Crippen molar-refractivity contribution in [1.82, 2.24) is 4.90 Å². The number of likely N-dealkylation sites (tertiary alicyclic amines) is 1. The molecule has 2 N–H and O–H groups in total. The number of rotatable bonds is 1. The number of β-amino-alcohol motifs (C(OH)–C–C–N with tert-alkyl or cyclic N) is 2. The summed E-state index contributed by atoms with van der Waals surface area (Å²) in [5, 5.41) is 18.8. The summed E-state index contributed by atoms with van der Waals surface area (Å²) in [5.74, 6) is 0. The average Bonchev–Trinajstić information content (AvgIpc) is 2.49. The second-order valence-electron chi connectivity index (χ2n) is 4.02. The molecule has 3 nitrogen and oxygen atoms in total. The van der Waals surface area contributed by atoms with Crippen molar-refractivity contribution >= 4 is 0 Å². The zero-order chi connectivity index (χ0) is 9.26. The molecule has 2 aliphatic rings. The van der Waals surface area contributed by atoms with E-state index < -0.39 is 12.2 Å². The SMILES string of the molecule is O[C@@H]1CN(C2C=CCCC2)C[C@@H]1O. The van der Waals surface area contributed by atoms with Gasteiger partial charge in [-0.15, -0.1) is 0 Å². The lowest BCUT2D eigenvalue weighted by Crippen LogP contribution is -2.33. The zero-order valence-electron chi connectivity index (χ0n) is 7.76. The van der Waals surface area contributed by atoms with Crippen molar-refractivity contribution in [2.75, 3.05) is 13.1 Å². The molecule has 3 atom stereocenters. The van der Waals surface area contributed by atoms with Crippen LogP contribution in [0, 0.1) is 0 Å². The van der Waals surface area contributed by atoms with Gasteiger partial charge in [-0.3, -0.25) is 4.90 Å². The number of allylic oxidation sites excluding steroid dienone is 1. The van der Waals surface area contributed by atoms with Crippen LogP contribution in [0.2, 0.25) is 0 Å². The Morgan fingerprint density at radius 3 is 2.38 bits per heavy atom. The maximum Gasteiger partial charge on any atom is 0.0938 e. The highest BCUT2D eigenvalue weighted by atomic mass is 16.3. The maximum atomic E-state index is 9.38. The molecule has 1 saturated heterocycles. The van der Waals surface area contributed by atoms with Gasteiger partial charge in [0.15, 0.2) is 0 Å². The van der Waals surface area contributed by atoms with Gasteiger partial charge < -0.3 is 10.2 Å². The van der Waals surface area contributed by atoms with Crippen molar-refractivity contribution in [2.24, 2.45) is 0 Å². The van der Waals surface area contributed by atoms with Crippen LogP contribution in [0.3, 0.4) is 0 Å². The van der Waals surface area contributed by atoms with Crippen molar-refractivity contribution in [3.63, 3.8) is 0 Å². The first-order chi connectivity index (χ1) is 6.27. The summed E-state index contributed by atoms with van der Waals surface area (Å²) in [6, 6.07) is 0.445. The van der Waals surface area contributed by atoms with E-state index in [1.165, 1.54) is 12.8 Å². The summed E-state index contributed by atoms with van der Waals surface area (Å²) in [6.07, 6.45) is 6.88. The lowest BCUT2D eigenvalue weighted by atomic mass is 10.0. The molecule has 3 heteroatoms. The molecule has 0 saturated carbocycles. The van der Waals surface area contributed by atoms with Gasteiger partial charge in [-0.25, -0.2) is 0 Å². The largest absolute Gasteiger partial charge is 0.389 e. The van der Waals surface area contributed by atoms with Gasteiger partial charge in [-0.05, 0) is 19.3 Å². The lowest BCUT2D eigenvalue weighted by molar-refractivity contribution is 0.0572. The Morgan fingerprint density at radius 1 is 1.15 bits per heavy atom. The standard InChI is InChI=1S/C10H17NO2/c12-9-6-11(7-10(9)13)8-4-2-1-3-5-8/h2,4,8-10,12-13H,1,3,5-7H2/t8?,9-,10+. The van der Waals surface area contributed by atoms with Crippen LogP contribution in [0.4, 0.5) is 0 Å². The van der Waals surface area contributed by atoms with E-state index in [1.807, 2.05) is 0 Å². The summed E-state index contributed by atoms with van der Waals surface area (Å²) in [5.41, 5.74) is 0. The smallest absolute Gasteiger partial charge is 0.0938 e. The van der Waals surface area contributed by atoms with Gasteiger partial charge in [0.25, 0.3) is 0 Å². The van der Waals surface area contributed by atoms with E-state index >= 15 is 0 Å². The number of hydrogen-bond acceptors (Lipinski definition) is 3. The lowest BCUT2D eigenvalue weighted by Gasteiger charge is -2.26. The summed E-state index contributed by atoms with van der Waals surface area (Å²) in [6.45, 7) is 1.24. The molecule has 1 heterocycles. The first-order valence-corrected chi connectivity index (χ1v) is 5.04. The minimum absolute atomic E-state index is 0.445. The van der Waals surface area contributed by atoms with Crippen LogP contribution in [0.25, 0.3) is 0 Å². The van der Waals surface area contributed by atoms with Gasteiger partial charge in [0.1, 0.15) is 0 Å². The fourth-order valence-electron chi connectivity index (χ4n) is 2.17. The molecule has 0 radical (unpaired) electrons. The molecule has 0 amide bonds. The van der Waals surface area contributed by atoms with E-state index in [0.29, 0.717) is 19.1 Å². The first kappa shape index (κ1) is 9.19. The molecule has 1 aliphatic carbocycles. The number of nitrogens with zero attached hydrogens (tertiary/aromatic N) is 1. The van der Waals surface area contributed by atoms with Crippen molar-refractivity contribution in [3.05, 3.63) is 12.2 Å². The topological polar surface area (TPSA) is 43.7 Å². The van der Waals surface area contributed by atoms with Gasteiger partial charge in [-0.1, -0.05) is 12.2 Å². The monoisotopic (exact) mass is 183 g/mol. The predicted molar refractivity (Wildman–Crippen MR) is 50.4 cm³/mol. The third-order valence-corrected chi connectivity index (χ3v) is 2.99. The molecular weight excluding hydrogens is 166 g/mol. The molecule has 1 fully saturated rings. The molecule has 0 aromatic heterocycles.